The average molecular weight is 264 g/mol. The molecule has 1 fully saturated rings. The van der Waals surface area contributed by atoms with Gasteiger partial charge in [0.1, 0.15) is 5.82 Å². The highest BCUT2D eigenvalue weighted by molar-refractivity contribution is 5.42. The molecule has 0 amide bonds. The maximum Gasteiger partial charge on any atom is 0.215 e. The van der Waals surface area contributed by atoms with Gasteiger partial charge in [-0.25, -0.2) is 0 Å². The number of aliphatic hydroxyl groups is 1. The summed E-state index contributed by atoms with van der Waals surface area (Å²) < 4.78 is 5.46. The van der Waals surface area contributed by atoms with Crippen LogP contribution >= 0.6 is 0 Å². The number of anilines is 1. The van der Waals surface area contributed by atoms with Crippen molar-refractivity contribution in [1.29, 1.82) is 0 Å². The van der Waals surface area contributed by atoms with E-state index in [1.54, 1.807) is 0 Å². The van der Waals surface area contributed by atoms with Crippen LogP contribution in [-0.4, -0.2) is 35.9 Å². The Bertz CT molecular complexity index is 378. The molecule has 0 saturated heterocycles. The largest absolute Gasteiger partial charge is 0.478 e. The van der Waals surface area contributed by atoms with Gasteiger partial charge in [-0.2, -0.15) is 4.98 Å². The fraction of sp³-hybridized carbons (Fsp3) is 0.667. The number of pyridine rings is 1. The van der Waals surface area contributed by atoms with E-state index in [0.29, 0.717) is 25.1 Å². The Morgan fingerprint density at radius 2 is 2.11 bits per heavy atom. The van der Waals surface area contributed by atoms with Crippen molar-refractivity contribution in [3.8, 4) is 5.88 Å². The molecule has 1 heterocycles. The fourth-order valence-corrected chi connectivity index (χ4v) is 2.78. The summed E-state index contributed by atoms with van der Waals surface area (Å²) >= 11 is 0. The van der Waals surface area contributed by atoms with Crippen LogP contribution < -0.4 is 9.64 Å². The Morgan fingerprint density at radius 3 is 2.79 bits per heavy atom. The van der Waals surface area contributed by atoms with Crippen LogP contribution in [0.3, 0.4) is 0 Å². The Balaban J connectivity index is 2.14. The second-order valence-electron chi connectivity index (χ2n) is 4.98. The molecule has 1 aromatic rings. The van der Waals surface area contributed by atoms with Crippen LogP contribution in [0.5, 0.6) is 5.88 Å². The quantitative estimate of drug-likeness (QED) is 0.858. The monoisotopic (exact) mass is 264 g/mol. The average Bonchev–Trinajstić information content (AvgIpc) is 2.46. The van der Waals surface area contributed by atoms with E-state index < -0.39 is 0 Å². The molecule has 0 aromatic carbocycles. The molecule has 0 radical (unpaired) electrons. The predicted molar refractivity (Wildman–Crippen MR) is 76.7 cm³/mol. The van der Waals surface area contributed by atoms with Crippen LogP contribution in [0.2, 0.25) is 0 Å². The number of aliphatic hydroxyl groups excluding tert-OH is 1. The Labute approximate surface area is 115 Å². The van der Waals surface area contributed by atoms with Crippen molar-refractivity contribution in [3.05, 3.63) is 18.2 Å². The number of aromatic nitrogens is 1. The Kier molecular flexibility index (Phi) is 5.45. The SMILES string of the molecule is CCOc1cccc(N(CCO)C2CCCCC2)n1. The summed E-state index contributed by atoms with van der Waals surface area (Å²) in [4.78, 5) is 6.79. The lowest BCUT2D eigenvalue weighted by molar-refractivity contribution is 0.288. The molecular weight excluding hydrogens is 240 g/mol. The molecular formula is C15H24N2O2. The van der Waals surface area contributed by atoms with Gasteiger partial charge in [0.05, 0.1) is 13.2 Å². The standard InChI is InChI=1S/C15H24N2O2/c1-2-19-15-10-6-9-14(16-15)17(11-12-18)13-7-4-3-5-8-13/h6,9-10,13,18H,2-5,7-8,11-12H2,1H3. The highest BCUT2D eigenvalue weighted by atomic mass is 16.5. The number of rotatable bonds is 6. The van der Waals surface area contributed by atoms with E-state index in [9.17, 15) is 5.11 Å². The highest BCUT2D eigenvalue weighted by Crippen LogP contribution is 2.27. The van der Waals surface area contributed by atoms with Gasteiger partial charge in [0.15, 0.2) is 0 Å². The van der Waals surface area contributed by atoms with Crippen LogP contribution in [0.1, 0.15) is 39.0 Å². The van der Waals surface area contributed by atoms with Crippen LogP contribution in [0.15, 0.2) is 18.2 Å². The lowest BCUT2D eigenvalue weighted by Crippen LogP contribution is -2.39. The predicted octanol–water partition coefficient (Wildman–Crippen LogP) is 2.61. The molecule has 1 aromatic heterocycles. The van der Waals surface area contributed by atoms with Gasteiger partial charge in [-0.3, -0.25) is 0 Å². The van der Waals surface area contributed by atoms with E-state index in [1.807, 2.05) is 25.1 Å². The minimum atomic E-state index is 0.164. The van der Waals surface area contributed by atoms with Gasteiger partial charge in [-0.05, 0) is 25.8 Å². The third-order valence-electron chi connectivity index (χ3n) is 3.65. The summed E-state index contributed by atoms with van der Waals surface area (Å²) in [6.07, 6.45) is 6.27. The summed E-state index contributed by atoms with van der Waals surface area (Å²) in [7, 11) is 0. The topological polar surface area (TPSA) is 45.6 Å². The molecule has 106 valence electrons. The van der Waals surface area contributed by atoms with Gasteiger partial charge in [0, 0.05) is 18.7 Å². The lowest BCUT2D eigenvalue weighted by atomic mass is 9.94. The zero-order valence-electron chi connectivity index (χ0n) is 11.7. The van der Waals surface area contributed by atoms with Crippen molar-refractivity contribution in [1.82, 2.24) is 4.98 Å². The molecule has 1 aliphatic carbocycles. The summed E-state index contributed by atoms with van der Waals surface area (Å²) in [5.74, 6) is 1.59. The van der Waals surface area contributed by atoms with Gasteiger partial charge in [-0.15, -0.1) is 0 Å². The number of ether oxygens (including phenoxy) is 1. The summed E-state index contributed by atoms with van der Waals surface area (Å²) in [6, 6.07) is 6.36. The summed E-state index contributed by atoms with van der Waals surface area (Å²) in [6.45, 7) is 3.39. The first-order valence-corrected chi connectivity index (χ1v) is 7.32. The van der Waals surface area contributed by atoms with E-state index in [1.165, 1.54) is 32.1 Å². The van der Waals surface area contributed by atoms with Gasteiger partial charge < -0.3 is 14.7 Å². The number of hydrogen-bond donors (Lipinski definition) is 1. The molecule has 1 saturated carbocycles. The van der Waals surface area contributed by atoms with Gasteiger partial charge in [0.25, 0.3) is 0 Å². The maximum atomic E-state index is 9.30. The molecule has 0 unspecified atom stereocenters. The normalized spacial score (nSPS) is 16.3. The minimum Gasteiger partial charge on any atom is -0.478 e. The van der Waals surface area contributed by atoms with Crippen molar-refractivity contribution in [3.63, 3.8) is 0 Å². The van der Waals surface area contributed by atoms with Crippen LogP contribution in [-0.2, 0) is 0 Å². The molecule has 1 aliphatic rings. The molecule has 0 aliphatic heterocycles. The first-order valence-electron chi connectivity index (χ1n) is 7.32. The van der Waals surface area contributed by atoms with E-state index >= 15 is 0 Å². The maximum absolute atomic E-state index is 9.30. The van der Waals surface area contributed by atoms with Crippen LogP contribution in [0, 0.1) is 0 Å². The Morgan fingerprint density at radius 1 is 1.32 bits per heavy atom. The smallest absolute Gasteiger partial charge is 0.215 e. The van der Waals surface area contributed by atoms with E-state index in [0.717, 1.165) is 5.82 Å². The van der Waals surface area contributed by atoms with E-state index in [2.05, 4.69) is 9.88 Å². The van der Waals surface area contributed by atoms with E-state index in [-0.39, 0.29) is 6.61 Å². The van der Waals surface area contributed by atoms with E-state index in [4.69, 9.17) is 4.74 Å². The van der Waals surface area contributed by atoms with Gasteiger partial charge in [0.2, 0.25) is 5.88 Å². The van der Waals surface area contributed by atoms with Crippen LogP contribution in [0.25, 0.3) is 0 Å². The number of nitrogens with zero attached hydrogens (tertiary/aromatic N) is 2. The van der Waals surface area contributed by atoms with Crippen molar-refractivity contribution < 1.29 is 9.84 Å². The molecule has 19 heavy (non-hydrogen) atoms. The van der Waals surface area contributed by atoms with Crippen LogP contribution in [0.4, 0.5) is 5.82 Å². The molecule has 4 nitrogen and oxygen atoms in total. The lowest BCUT2D eigenvalue weighted by Gasteiger charge is -2.35. The first kappa shape index (κ1) is 14.1. The first-order chi connectivity index (χ1) is 9.35. The molecule has 1 N–H and O–H groups in total. The molecule has 0 spiro atoms. The third kappa shape index (κ3) is 3.83. The van der Waals surface area contributed by atoms with Crippen molar-refractivity contribution in [2.24, 2.45) is 0 Å². The fourth-order valence-electron chi connectivity index (χ4n) is 2.78. The zero-order valence-corrected chi connectivity index (χ0v) is 11.7. The van der Waals surface area contributed by atoms with Gasteiger partial charge in [-0.1, -0.05) is 25.3 Å². The second-order valence-corrected chi connectivity index (χ2v) is 4.98. The van der Waals surface area contributed by atoms with Gasteiger partial charge >= 0.3 is 0 Å². The molecule has 0 atom stereocenters. The summed E-state index contributed by atoms with van der Waals surface area (Å²) in [5, 5.41) is 9.30. The third-order valence-corrected chi connectivity index (χ3v) is 3.65. The zero-order chi connectivity index (χ0) is 13.5. The summed E-state index contributed by atoms with van der Waals surface area (Å²) in [5.41, 5.74) is 0. The molecule has 0 bridgehead atoms. The van der Waals surface area contributed by atoms with Crippen molar-refractivity contribution in [2.75, 3.05) is 24.7 Å². The highest BCUT2D eigenvalue weighted by Gasteiger charge is 2.22. The van der Waals surface area contributed by atoms with Crippen molar-refractivity contribution >= 4 is 5.82 Å². The van der Waals surface area contributed by atoms with Crippen molar-refractivity contribution in [2.45, 2.75) is 45.1 Å². The molecule has 2 rings (SSSR count). The molecule has 4 heteroatoms. The minimum absolute atomic E-state index is 0.164. The number of hydrogen-bond acceptors (Lipinski definition) is 4. The Hall–Kier alpha value is -1.29. The second kappa shape index (κ2) is 7.34.